The highest BCUT2D eigenvalue weighted by molar-refractivity contribution is 7.89. The summed E-state index contributed by atoms with van der Waals surface area (Å²) in [7, 11) is -3.55. The Kier molecular flexibility index (Phi) is 4.13. The van der Waals surface area contributed by atoms with E-state index in [1.807, 2.05) is 30.3 Å². The molecule has 0 radical (unpaired) electrons. The summed E-state index contributed by atoms with van der Waals surface area (Å²) in [6.45, 7) is 0.334. The van der Waals surface area contributed by atoms with E-state index in [4.69, 9.17) is 5.73 Å². The minimum atomic E-state index is -3.55. The Bertz CT molecular complexity index is 642. The summed E-state index contributed by atoms with van der Waals surface area (Å²) in [4.78, 5) is 3.86. The van der Waals surface area contributed by atoms with Crippen molar-refractivity contribution in [1.29, 1.82) is 0 Å². The molecule has 0 fully saturated rings. The molecule has 0 aliphatic rings. The second-order valence-electron chi connectivity index (χ2n) is 4.09. The zero-order valence-corrected chi connectivity index (χ0v) is 11.1. The molecular formula is C13H15N3O2S. The van der Waals surface area contributed by atoms with Gasteiger partial charge in [0, 0.05) is 18.9 Å². The predicted octanol–water partition coefficient (Wildman–Crippen LogP) is 1.18. The number of hydrogen-bond donors (Lipinski definition) is 2. The van der Waals surface area contributed by atoms with Gasteiger partial charge in [-0.1, -0.05) is 30.3 Å². The van der Waals surface area contributed by atoms with Crippen LogP contribution in [0.4, 0.5) is 5.69 Å². The smallest absolute Gasteiger partial charge is 0.242 e. The normalized spacial score (nSPS) is 11.4. The molecule has 3 N–H and O–H groups in total. The third-order valence-corrected chi connectivity index (χ3v) is 4.02. The van der Waals surface area contributed by atoms with E-state index in [-0.39, 0.29) is 4.90 Å². The van der Waals surface area contributed by atoms with Gasteiger partial charge in [-0.2, -0.15) is 0 Å². The number of hydrogen-bond acceptors (Lipinski definition) is 4. The van der Waals surface area contributed by atoms with Crippen LogP contribution in [0.1, 0.15) is 5.56 Å². The molecule has 1 aromatic heterocycles. The first-order chi connectivity index (χ1) is 9.08. The van der Waals surface area contributed by atoms with E-state index in [9.17, 15) is 8.42 Å². The van der Waals surface area contributed by atoms with Crippen molar-refractivity contribution in [2.24, 2.45) is 0 Å². The van der Waals surface area contributed by atoms with Crippen molar-refractivity contribution in [2.75, 3.05) is 12.3 Å². The number of nitrogens with zero attached hydrogens (tertiary/aromatic N) is 1. The molecular weight excluding hydrogens is 262 g/mol. The lowest BCUT2D eigenvalue weighted by Crippen LogP contribution is -2.26. The lowest BCUT2D eigenvalue weighted by molar-refractivity contribution is 0.581. The van der Waals surface area contributed by atoms with Crippen molar-refractivity contribution < 1.29 is 8.42 Å². The maximum absolute atomic E-state index is 12.0. The maximum Gasteiger partial charge on any atom is 0.242 e. The lowest BCUT2D eigenvalue weighted by atomic mass is 10.2. The fraction of sp³-hybridized carbons (Fsp3) is 0.154. The molecule has 6 heteroatoms. The van der Waals surface area contributed by atoms with Gasteiger partial charge in [0.05, 0.1) is 5.69 Å². The van der Waals surface area contributed by atoms with E-state index in [2.05, 4.69) is 9.71 Å². The number of rotatable bonds is 5. The van der Waals surface area contributed by atoms with Gasteiger partial charge in [-0.25, -0.2) is 13.1 Å². The fourth-order valence-electron chi connectivity index (χ4n) is 1.64. The Balaban J connectivity index is 1.99. The number of anilines is 1. The van der Waals surface area contributed by atoms with Crippen LogP contribution in [0.2, 0.25) is 0 Å². The van der Waals surface area contributed by atoms with Gasteiger partial charge in [0.2, 0.25) is 10.0 Å². The Morgan fingerprint density at radius 1 is 1.16 bits per heavy atom. The molecule has 0 atom stereocenters. The van der Waals surface area contributed by atoms with Crippen molar-refractivity contribution in [2.45, 2.75) is 11.3 Å². The molecule has 0 unspecified atom stereocenters. The molecule has 2 rings (SSSR count). The third-order valence-electron chi connectivity index (χ3n) is 2.59. The van der Waals surface area contributed by atoms with Gasteiger partial charge in [-0.15, -0.1) is 0 Å². The number of pyridine rings is 1. The van der Waals surface area contributed by atoms with Gasteiger partial charge in [0.25, 0.3) is 0 Å². The SMILES string of the molecule is Nc1cncc(S(=O)(=O)NCCc2ccccc2)c1. The molecule has 100 valence electrons. The number of nitrogen functional groups attached to an aromatic ring is 1. The number of aromatic nitrogens is 1. The zero-order valence-electron chi connectivity index (χ0n) is 10.3. The zero-order chi connectivity index (χ0) is 13.7. The van der Waals surface area contributed by atoms with E-state index in [0.29, 0.717) is 18.7 Å². The molecule has 0 aliphatic carbocycles. The van der Waals surface area contributed by atoms with Gasteiger partial charge in [0.1, 0.15) is 4.90 Å². The summed E-state index contributed by atoms with van der Waals surface area (Å²) < 4.78 is 26.5. The van der Waals surface area contributed by atoms with E-state index in [1.54, 1.807) is 0 Å². The van der Waals surface area contributed by atoms with Gasteiger partial charge in [-0.05, 0) is 18.1 Å². The number of benzene rings is 1. The van der Waals surface area contributed by atoms with Gasteiger partial charge >= 0.3 is 0 Å². The van der Waals surface area contributed by atoms with Crippen molar-refractivity contribution in [3.8, 4) is 0 Å². The number of nitrogens with one attached hydrogen (secondary N) is 1. The van der Waals surface area contributed by atoms with Gasteiger partial charge in [-0.3, -0.25) is 4.98 Å². The van der Waals surface area contributed by atoms with Crippen molar-refractivity contribution in [3.63, 3.8) is 0 Å². The molecule has 1 aromatic carbocycles. The standard InChI is InChI=1S/C13H15N3O2S/c14-12-8-13(10-15-9-12)19(17,18)16-7-6-11-4-2-1-3-5-11/h1-5,8-10,16H,6-7,14H2. The predicted molar refractivity (Wildman–Crippen MR) is 74.0 cm³/mol. The molecule has 5 nitrogen and oxygen atoms in total. The summed E-state index contributed by atoms with van der Waals surface area (Å²) in [6, 6.07) is 11.1. The fourth-order valence-corrected chi connectivity index (χ4v) is 2.67. The molecule has 0 spiro atoms. The summed E-state index contributed by atoms with van der Waals surface area (Å²) in [6.07, 6.45) is 3.32. The van der Waals surface area contributed by atoms with Crippen LogP contribution in [-0.2, 0) is 16.4 Å². The first-order valence-corrected chi connectivity index (χ1v) is 7.30. The maximum atomic E-state index is 12.0. The van der Waals surface area contributed by atoms with Crippen molar-refractivity contribution in [1.82, 2.24) is 9.71 Å². The summed E-state index contributed by atoms with van der Waals surface area (Å²) >= 11 is 0. The van der Waals surface area contributed by atoms with Crippen molar-refractivity contribution in [3.05, 3.63) is 54.4 Å². The first kappa shape index (κ1) is 13.5. The Labute approximate surface area is 112 Å². The Hall–Kier alpha value is -1.92. The number of nitrogens with two attached hydrogens (primary N) is 1. The minimum absolute atomic E-state index is 0.0839. The average Bonchev–Trinajstić information content (AvgIpc) is 2.40. The molecule has 2 aromatic rings. The molecule has 0 amide bonds. The molecule has 1 heterocycles. The van der Waals surface area contributed by atoms with Crippen LogP contribution in [0, 0.1) is 0 Å². The average molecular weight is 277 g/mol. The number of sulfonamides is 1. The van der Waals surface area contributed by atoms with Crippen LogP contribution in [0.15, 0.2) is 53.7 Å². The van der Waals surface area contributed by atoms with Gasteiger partial charge < -0.3 is 5.73 Å². The minimum Gasteiger partial charge on any atom is -0.397 e. The molecule has 0 aliphatic heterocycles. The van der Waals surface area contributed by atoms with Gasteiger partial charge in [0.15, 0.2) is 0 Å². The topological polar surface area (TPSA) is 85.1 Å². The second-order valence-corrected chi connectivity index (χ2v) is 5.85. The van der Waals surface area contributed by atoms with Crippen molar-refractivity contribution >= 4 is 15.7 Å². The van der Waals surface area contributed by atoms with Crippen LogP contribution in [0.5, 0.6) is 0 Å². The van der Waals surface area contributed by atoms with Crippen LogP contribution < -0.4 is 10.5 Å². The van der Waals surface area contributed by atoms with E-state index in [1.165, 1.54) is 18.5 Å². The molecule has 0 bridgehead atoms. The van der Waals surface area contributed by atoms with Crippen LogP contribution in [-0.4, -0.2) is 19.9 Å². The molecule has 19 heavy (non-hydrogen) atoms. The van der Waals surface area contributed by atoms with Crippen LogP contribution >= 0.6 is 0 Å². The lowest BCUT2D eigenvalue weighted by Gasteiger charge is -2.07. The molecule has 0 saturated carbocycles. The quantitative estimate of drug-likeness (QED) is 0.859. The summed E-state index contributed by atoms with van der Waals surface area (Å²) in [5.41, 5.74) is 6.92. The molecule has 0 saturated heterocycles. The highest BCUT2D eigenvalue weighted by atomic mass is 32.2. The summed E-state index contributed by atoms with van der Waals surface area (Å²) in [5.74, 6) is 0. The highest BCUT2D eigenvalue weighted by Crippen LogP contribution is 2.10. The third kappa shape index (κ3) is 3.77. The summed E-state index contributed by atoms with van der Waals surface area (Å²) in [5, 5.41) is 0. The Morgan fingerprint density at radius 3 is 2.58 bits per heavy atom. The van der Waals surface area contributed by atoms with E-state index in [0.717, 1.165) is 5.56 Å². The largest absolute Gasteiger partial charge is 0.397 e. The van der Waals surface area contributed by atoms with E-state index >= 15 is 0 Å². The second kappa shape index (κ2) is 5.81. The first-order valence-electron chi connectivity index (χ1n) is 5.82. The monoisotopic (exact) mass is 277 g/mol. The van der Waals surface area contributed by atoms with E-state index < -0.39 is 10.0 Å². The van der Waals surface area contributed by atoms with Crippen LogP contribution in [0.25, 0.3) is 0 Å². The Morgan fingerprint density at radius 2 is 1.89 bits per heavy atom. The highest BCUT2D eigenvalue weighted by Gasteiger charge is 2.13. The van der Waals surface area contributed by atoms with Crippen LogP contribution in [0.3, 0.4) is 0 Å².